The van der Waals surface area contributed by atoms with Crippen molar-refractivity contribution < 1.29 is 9.47 Å². The predicted octanol–water partition coefficient (Wildman–Crippen LogP) is 4.20. The van der Waals surface area contributed by atoms with Crippen molar-refractivity contribution in [1.29, 1.82) is 0 Å². The molecule has 0 saturated carbocycles. The Labute approximate surface area is 182 Å². The lowest BCUT2D eigenvalue weighted by atomic mass is 9.74. The van der Waals surface area contributed by atoms with E-state index in [4.69, 9.17) is 38.4 Å². The van der Waals surface area contributed by atoms with Crippen LogP contribution in [0.2, 0.25) is 10.0 Å². The highest BCUT2D eigenvalue weighted by Gasteiger charge is 2.36. The van der Waals surface area contributed by atoms with Crippen molar-refractivity contribution >= 4 is 29.2 Å². The van der Waals surface area contributed by atoms with Gasteiger partial charge in [-0.15, -0.1) is 0 Å². The third-order valence-corrected chi connectivity index (χ3v) is 5.93. The second-order valence-electron chi connectivity index (χ2n) is 7.24. The van der Waals surface area contributed by atoms with Crippen LogP contribution in [0.15, 0.2) is 47.5 Å². The van der Waals surface area contributed by atoms with Gasteiger partial charge < -0.3 is 20.5 Å². The number of nitrogens with two attached hydrogens (primary N) is 1. The molecule has 1 saturated heterocycles. The van der Waals surface area contributed by atoms with Crippen LogP contribution in [-0.2, 0) is 16.6 Å². The van der Waals surface area contributed by atoms with Gasteiger partial charge in [-0.2, -0.15) is 0 Å². The molecule has 2 aromatic carbocycles. The molecule has 1 aliphatic rings. The Bertz CT molecular complexity index is 834. The maximum atomic E-state index is 6.51. The smallest absolute Gasteiger partial charge is 0.188 e. The minimum Gasteiger partial charge on any atom is -0.497 e. The molecule has 0 aliphatic carbocycles. The summed E-state index contributed by atoms with van der Waals surface area (Å²) in [5.74, 6) is 1.29. The molecule has 0 bridgehead atoms. The van der Waals surface area contributed by atoms with Crippen molar-refractivity contribution in [1.82, 2.24) is 5.32 Å². The SMILES string of the molecule is COc1ccc(CCNC(N)=NCC2(c3ccc(Cl)cc3Cl)CCOCC2)cc1. The number of rotatable bonds is 7. The van der Waals surface area contributed by atoms with Crippen molar-refractivity contribution in [2.24, 2.45) is 10.7 Å². The summed E-state index contributed by atoms with van der Waals surface area (Å²) in [7, 11) is 1.66. The molecule has 7 heteroatoms. The number of hydrogen-bond donors (Lipinski definition) is 2. The highest BCUT2D eigenvalue weighted by atomic mass is 35.5. The molecule has 29 heavy (non-hydrogen) atoms. The van der Waals surface area contributed by atoms with E-state index in [0.29, 0.717) is 42.3 Å². The number of methoxy groups -OCH3 is 1. The summed E-state index contributed by atoms with van der Waals surface area (Å²) >= 11 is 12.6. The van der Waals surface area contributed by atoms with Crippen molar-refractivity contribution in [2.75, 3.05) is 33.4 Å². The third-order valence-electron chi connectivity index (χ3n) is 5.38. The zero-order valence-corrected chi connectivity index (χ0v) is 18.1. The Balaban J connectivity index is 1.62. The third kappa shape index (κ3) is 5.78. The first-order chi connectivity index (χ1) is 14.0. The van der Waals surface area contributed by atoms with Crippen LogP contribution >= 0.6 is 23.2 Å². The molecule has 1 fully saturated rings. The van der Waals surface area contributed by atoms with Gasteiger partial charge in [-0.1, -0.05) is 41.4 Å². The van der Waals surface area contributed by atoms with Gasteiger partial charge in [0, 0.05) is 35.2 Å². The van der Waals surface area contributed by atoms with E-state index in [1.165, 1.54) is 5.56 Å². The van der Waals surface area contributed by atoms with E-state index in [1.54, 1.807) is 13.2 Å². The first-order valence-corrected chi connectivity index (χ1v) is 10.5. The van der Waals surface area contributed by atoms with Crippen LogP contribution in [0.3, 0.4) is 0 Å². The Morgan fingerprint density at radius 3 is 2.55 bits per heavy atom. The Hall–Kier alpha value is -1.95. The number of hydrogen-bond acceptors (Lipinski definition) is 3. The van der Waals surface area contributed by atoms with Crippen LogP contribution in [0, 0.1) is 0 Å². The standard InChI is InChI=1S/C22H27Cl2N3O2/c1-28-18-5-2-16(3-6-18)8-11-26-21(25)27-15-22(9-12-29-13-10-22)19-7-4-17(23)14-20(19)24/h2-7,14H,8-13,15H2,1H3,(H3,25,26,27). The van der Waals surface area contributed by atoms with Gasteiger partial charge in [0.1, 0.15) is 5.75 Å². The molecule has 1 aliphatic heterocycles. The highest BCUT2D eigenvalue weighted by Crippen LogP contribution is 2.39. The fraction of sp³-hybridized carbons (Fsp3) is 0.409. The van der Waals surface area contributed by atoms with Crippen LogP contribution in [-0.4, -0.2) is 39.4 Å². The monoisotopic (exact) mass is 435 g/mol. The molecule has 5 nitrogen and oxygen atoms in total. The minimum absolute atomic E-state index is 0.192. The lowest BCUT2D eigenvalue weighted by Gasteiger charge is -2.37. The molecule has 0 aromatic heterocycles. The molecule has 3 rings (SSSR count). The largest absolute Gasteiger partial charge is 0.497 e. The van der Waals surface area contributed by atoms with Gasteiger partial charge in [0.05, 0.1) is 13.7 Å². The summed E-state index contributed by atoms with van der Waals surface area (Å²) < 4.78 is 10.8. The zero-order chi connectivity index (χ0) is 20.7. The summed E-state index contributed by atoms with van der Waals surface area (Å²) in [4.78, 5) is 4.63. The summed E-state index contributed by atoms with van der Waals surface area (Å²) in [6.07, 6.45) is 2.54. The van der Waals surface area contributed by atoms with Gasteiger partial charge >= 0.3 is 0 Å². The van der Waals surface area contributed by atoms with Gasteiger partial charge in [-0.05, 0) is 54.7 Å². The lowest BCUT2D eigenvalue weighted by Crippen LogP contribution is -2.39. The number of halogens is 2. The van der Waals surface area contributed by atoms with E-state index in [0.717, 1.165) is 30.6 Å². The average Bonchev–Trinajstić information content (AvgIpc) is 2.73. The van der Waals surface area contributed by atoms with Crippen molar-refractivity contribution in [3.05, 3.63) is 63.6 Å². The molecular weight excluding hydrogens is 409 g/mol. The van der Waals surface area contributed by atoms with E-state index in [9.17, 15) is 0 Å². The normalized spacial score (nSPS) is 16.4. The molecule has 0 atom stereocenters. The quantitative estimate of drug-likeness (QED) is 0.504. The summed E-state index contributed by atoms with van der Waals surface area (Å²) in [5, 5.41) is 4.50. The van der Waals surface area contributed by atoms with Gasteiger partial charge in [-0.3, -0.25) is 4.99 Å². The molecule has 0 spiro atoms. The summed E-state index contributed by atoms with van der Waals surface area (Å²) in [6, 6.07) is 13.7. The van der Waals surface area contributed by atoms with Crippen molar-refractivity contribution in [3.8, 4) is 5.75 Å². The van der Waals surface area contributed by atoms with Gasteiger partial charge in [-0.25, -0.2) is 0 Å². The molecule has 156 valence electrons. The minimum atomic E-state index is -0.192. The number of ether oxygens (including phenoxy) is 2. The van der Waals surface area contributed by atoms with E-state index in [-0.39, 0.29) is 5.41 Å². The molecule has 0 radical (unpaired) electrons. The lowest BCUT2D eigenvalue weighted by molar-refractivity contribution is 0.0531. The zero-order valence-electron chi connectivity index (χ0n) is 16.6. The van der Waals surface area contributed by atoms with Gasteiger partial charge in [0.15, 0.2) is 5.96 Å². The van der Waals surface area contributed by atoms with Gasteiger partial charge in [0.25, 0.3) is 0 Å². The van der Waals surface area contributed by atoms with E-state index in [1.807, 2.05) is 36.4 Å². The topological polar surface area (TPSA) is 68.9 Å². The fourth-order valence-corrected chi connectivity index (χ4v) is 4.22. The first kappa shape index (κ1) is 21.8. The fourth-order valence-electron chi connectivity index (χ4n) is 3.61. The van der Waals surface area contributed by atoms with Crippen LogP contribution in [0.4, 0.5) is 0 Å². The second kappa shape index (κ2) is 10.2. The summed E-state index contributed by atoms with van der Waals surface area (Å²) in [6.45, 7) is 2.62. The molecule has 2 aromatic rings. The van der Waals surface area contributed by atoms with Crippen molar-refractivity contribution in [2.45, 2.75) is 24.7 Å². The van der Waals surface area contributed by atoms with Crippen molar-refractivity contribution in [3.63, 3.8) is 0 Å². The number of aliphatic imine (C=N–C) groups is 1. The maximum Gasteiger partial charge on any atom is 0.188 e. The molecular formula is C22H27Cl2N3O2. The van der Waals surface area contributed by atoms with Crippen LogP contribution in [0.25, 0.3) is 0 Å². The predicted molar refractivity (Wildman–Crippen MR) is 119 cm³/mol. The van der Waals surface area contributed by atoms with Crippen LogP contribution in [0.5, 0.6) is 5.75 Å². The molecule has 1 heterocycles. The van der Waals surface area contributed by atoms with Gasteiger partial charge in [0.2, 0.25) is 0 Å². The molecule has 0 unspecified atom stereocenters. The average molecular weight is 436 g/mol. The second-order valence-corrected chi connectivity index (χ2v) is 8.09. The molecule has 0 amide bonds. The van der Waals surface area contributed by atoms with E-state index < -0.39 is 0 Å². The van der Waals surface area contributed by atoms with Crippen LogP contribution in [0.1, 0.15) is 24.0 Å². The molecule has 3 N–H and O–H groups in total. The highest BCUT2D eigenvalue weighted by molar-refractivity contribution is 6.35. The number of guanidine groups is 1. The Morgan fingerprint density at radius 1 is 1.17 bits per heavy atom. The van der Waals surface area contributed by atoms with Crippen LogP contribution < -0.4 is 15.8 Å². The van der Waals surface area contributed by atoms with E-state index >= 15 is 0 Å². The number of benzene rings is 2. The summed E-state index contributed by atoms with van der Waals surface area (Å²) in [5.41, 5.74) is 8.21. The van der Waals surface area contributed by atoms with E-state index in [2.05, 4.69) is 10.3 Å². The Kier molecular flexibility index (Phi) is 7.64. The number of nitrogens with zero attached hydrogens (tertiary/aromatic N) is 1. The maximum absolute atomic E-state index is 6.51. The first-order valence-electron chi connectivity index (χ1n) is 9.72. The Morgan fingerprint density at radius 2 is 1.90 bits per heavy atom. The number of nitrogens with one attached hydrogen (secondary N) is 1.